The van der Waals surface area contributed by atoms with Crippen LogP contribution in [0, 0.1) is 56.7 Å². The summed E-state index contributed by atoms with van der Waals surface area (Å²) in [5, 5.41) is 21.7. The topological polar surface area (TPSA) is 57.5 Å². The predicted octanol–water partition coefficient (Wildman–Crippen LogP) is 7.48. The Bertz CT molecular complexity index is 918. The lowest BCUT2D eigenvalue weighted by Crippen LogP contribution is -2.65. The van der Waals surface area contributed by atoms with Crippen LogP contribution in [-0.4, -0.2) is 22.3 Å². The maximum Gasteiger partial charge on any atom is 0.331 e. The number of aliphatic hydroxyl groups excluding tert-OH is 1. The molecule has 0 bridgehead atoms. The fourth-order valence-electron chi connectivity index (χ4n) is 11.1. The number of carbonyl (C=O) groups is 1. The largest absolute Gasteiger partial charge is 0.478 e. The first-order chi connectivity index (χ1) is 15.6. The van der Waals surface area contributed by atoms with Gasteiger partial charge in [0.1, 0.15) is 0 Å². The normalized spacial score (nSPS) is 54.4. The highest BCUT2D eigenvalue weighted by molar-refractivity contribution is 5.88. The van der Waals surface area contributed by atoms with E-state index in [1.807, 2.05) is 0 Å². The third kappa shape index (κ3) is 2.88. The van der Waals surface area contributed by atoms with Crippen molar-refractivity contribution in [2.75, 3.05) is 0 Å². The van der Waals surface area contributed by atoms with Crippen LogP contribution in [-0.2, 0) is 4.79 Å². The highest BCUT2D eigenvalue weighted by atomic mass is 16.4. The van der Waals surface area contributed by atoms with Gasteiger partial charge in [0, 0.05) is 5.57 Å². The molecule has 5 aliphatic carbocycles. The van der Waals surface area contributed by atoms with E-state index in [-0.39, 0.29) is 33.2 Å². The lowest BCUT2D eigenvalue weighted by Gasteiger charge is -2.72. The first kappa shape index (κ1) is 24.8. The van der Waals surface area contributed by atoms with Crippen molar-refractivity contribution in [2.24, 2.45) is 56.7 Å². The Kier molecular flexibility index (Phi) is 5.38. The average Bonchev–Trinajstić information content (AvgIpc) is 2.75. The zero-order valence-electron chi connectivity index (χ0n) is 23.1. The number of hydrogen-bond acceptors (Lipinski definition) is 2. The van der Waals surface area contributed by atoms with Gasteiger partial charge in [-0.05, 0) is 120 Å². The molecule has 0 aliphatic heterocycles. The van der Waals surface area contributed by atoms with Gasteiger partial charge in [-0.15, -0.1) is 0 Å². The van der Waals surface area contributed by atoms with Crippen LogP contribution in [0.1, 0.15) is 113 Å². The van der Waals surface area contributed by atoms with Crippen LogP contribution in [0.3, 0.4) is 0 Å². The molecule has 3 heteroatoms. The maximum atomic E-state index is 13.0. The minimum absolute atomic E-state index is 0.0483. The molecule has 1 unspecified atom stereocenters. The summed E-state index contributed by atoms with van der Waals surface area (Å²) in [5.74, 6) is 1.75. The smallest absolute Gasteiger partial charge is 0.331 e. The standard InChI is InChI=1S/C31H50O3/c1-18-9-12-28(5)15-16-31(8)25(24(28)19(18)2)20(26(33)34)17-22-29(6)13-11-23(32)27(3,4)21(29)10-14-30(22,31)7/h18-19,21-24,32H,9-17H2,1-8H3,(H,33,34)/t18-,19+,21?,22-,23+,24+,28-,29+,30-,31-/m1/s1. The van der Waals surface area contributed by atoms with Gasteiger partial charge in [0.05, 0.1) is 6.10 Å². The SMILES string of the molecule is C[C@H]1[C@H](C)CC[C@]2(C)CC[C@]3(C)C(=C(C(=O)O)C[C@@H]4[C@@]5(C)CC[C@H](O)C(C)(C)C5CC[C@]43C)[C@H]12. The van der Waals surface area contributed by atoms with Gasteiger partial charge in [-0.25, -0.2) is 4.79 Å². The van der Waals surface area contributed by atoms with Crippen molar-refractivity contribution >= 4 is 5.97 Å². The van der Waals surface area contributed by atoms with E-state index in [9.17, 15) is 15.0 Å². The average molecular weight is 471 g/mol. The summed E-state index contributed by atoms with van der Waals surface area (Å²) in [4.78, 5) is 13.0. The van der Waals surface area contributed by atoms with Crippen LogP contribution in [0.2, 0.25) is 0 Å². The molecule has 192 valence electrons. The predicted molar refractivity (Wildman–Crippen MR) is 137 cm³/mol. The quantitative estimate of drug-likeness (QED) is 0.417. The second kappa shape index (κ2) is 7.36. The molecule has 0 saturated heterocycles. The van der Waals surface area contributed by atoms with E-state index < -0.39 is 5.97 Å². The fourth-order valence-corrected chi connectivity index (χ4v) is 11.1. The zero-order chi connectivity index (χ0) is 25.1. The van der Waals surface area contributed by atoms with Crippen LogP contribution in [0.15, 0.2) is 11.1 Å². The van der Waals surface area contributed by atoms with Crippen molar-refractivity contribution in [3.8, 4) is 0 Å². The van der Waals surface area contributed by atoms with E-state index >= 15 is 0 Å². The summed E-state index contributed by atoms with van der Waals surface area (Å²) in [7, 11) is 0. The van der Waals surface area contributed by atoms with E-state index in [4.69, 9.17) is 0 Å². The first-order valence-electron chi connectivity index (χ1n) is 14.3. The number of hydrogen-bond donors (Lipinski definition) is 2. The van der Waals surface area contributed by atoms with Gasteiger partial charge in [-0.2, -0.15) is 0 Å². The first-order valence-corrected chi connectivity index (χ1v) is 14.3. The lowest BCUT2D eigenvalue weighted by molar-refractivity contribution is -0.205. The highest BCUT2D eigenvalue weighted by Crippen LogP contribution is 2.76. The van der Waals surface area contributed by atoms with Gasteiger partial charge in [-0.3, -0.25) is 0 Å². The number of carboxylic acid groups (broad SMARTS) is 1. The van der Waals surface area contributed by atoms with E-state index in [1.165, 1.54) is 24.8 Å². The number of aliphatic hydroxyl groups is 1. The number of fused-ring (bicyclic) bond motifs is 7. The summed E-state index contributed by atoms with van der Waals surface area (Å²) in [6.07, 6.45) is 9.54. The molecule has 0 amide bonds. The molecule has 0 aromatic carbocycles. The van der Waals surface area contributed by atoms with Crippen LogP contribution in [0.5, 0.6) is 0 Å². The van der Waals surface area contributed by atoms with Crippen LogP contribution in [0.25, 0.3) is 0 Å². The van der Waals surface area contributed by atoms with Crippen LogP contribution in [0.4, 0.5) is 0 Å². The summed E-state index contributed by atoms with van der Waals surface area (Å²) in [6, 6.07) is 0. The van der Waals surface area contributed by atoms with E-state index in [2.05, 4.69) is 55.4 Å². The van der Waals surface area contributed by atoms with Crippen molar-refractivity contribution in [3.05, 3.63) is 11.1 Å². The van der Waals surface area contributed by atoms with Gasteiger partial charge in [0.15, 0.2) is 0 Å². The van der Waals surface area contributed by atoms with Crippen molar-refractivity contribution < 1.29 is 15.0 Å². The molecule has 0 aromatic heterocycles. The molecule has 0 spiro atoms. The second-order valence-corrected chi connectivity index (χ2v) is 15.2. The summed E-state index contributed by atoms with van der Waals surface area (Å²) in [6.45, 7) is 19.3. The van der Waals surface area contributed by atoms with Gasteiger partial charge >= 0.3 is 5.97 Å². The molecule has 5 rings (SSSR count). The Labute approximate surface area is 208 Å². The minimum Gasteiger partial charge on any atom is -0.478 e. The van der Waals surface area contributed by atoms with Gasteiger partial charge in [0.25, 0.3) is 0 Å². The van der Waals surface area contributed by atoms with E-state index in [0.717, 1.165) is 44.1 Å². The Hall–Kier alpha value is -0.830. The highest BCUT2D eigenvalue weighted by Gasteiger charge is 2.69. The number of carboxylic acids is 1. The van der Waals surface area contributed by atoms with Crippen molar-refractivity contribution in [1.82, 2.24) is 0 Å². The summed E-state index contributed by atoms with van der Waals surface area (Å²) < 4.78 is 0. The molecule has 10 atom stereocenters. The molecule has 2 N–H and O–H groups in total. The van der Waals surface area contributed by atoms with Crippen LogP contribution >= 0.6 is 0 Å². The molecule has 0 heterocycles. The Morgan fingerprint density at radius 1 is 0.853 bits per heavy atom. The maximum absolute atomic E-state index is 13.0. The van der Waals surface area contributed by atoms with Crippen molar-refractivity contribution in [2.45, 2.75) is 119 Å². The number of allylic oxidation sites excluding steroid dienone is 1. The van der Waals surface area contributed by atoms with Crippen LogP contribution < -0.4 is 0 Å². The number of aliphatic carboxylic acids is 1. The molecular formula is C31H50O3. The Morgan fingerprint density at radius 2 is 1.53 bits per heavy atom. The molecular weight excluding hydrogens is 420 g/mol. The lowest BCUT2D eigenvalue weighted by atomic mass is 9.32. The molecule has 4 saturated carbocycles. The Balaban J connectivity index is 1.70. The summed E-state index contributed by atoms with van der Waals surface area (Å²) in [5.41, 5.74) is 2.43. The van der Waals surface area contributed by atoms with E-state index in [1.54, 1.807) is 0 Å². The molecule has 4 fully saturated rings. The van der Waals surface area contributed by atoms with Gasteiger partial charge in [0.2, 0.25) is 0 Å². The minimum atomic E-state index is -0.654. The molecule has 0 aromatic rings. The molecule has 0 radical (unpaired) electrons. The third-order valence-electron chi connectivity index (χ3n) is 13.7. The van der Waals surface area contributed by atoms with E-state index in [0.29, 0.717) is 29.6 Å². The van der Waals surface area contributed by atoms with Gasteiger partial charge in [-0.1, -0.05) is 55.4 Å². The third-order valence-corrected chi connectivity index (χ3v) is 13.7. The zero-order valence-corrected chi connectivity index (χ0v) is 23.1. The van der Waals surface area contributed by atoms with Gasteiger partial charge < -0.3 is 10.2 Å². The summed E-state index contributed by atoms with van der Waals surface area (Å²) >= 11 is 0. The van der Waals surface area contributed by atoms with Crippen molar-refractivity contribution in [1.29, 1.82) is 0 Å². The Morgan fingerprint density at radius 3 is 2.18 bits per heavy atom. The number of rotatable bonds is 1. The second-order valence-electron chi connectivity index (χ2n) is 15.2. The van der Waals surface area contributed by atoms with Crippen molar-refractivity contribution in [3.63, 3.8) is 0 Å². The molecule has 3 nitrogen and oxygen atoms in total. The molecule has 5 aliphatic rings. The molecule has 34 heavy (non-hydrogen) atoms. The monoisotopic (exact) mass is 470 g/mol. The fraction of sp³-hybridized carbons (Fsp3) is 0.903.